The van der Waals surface area contributed by atoms with Crippen LogP contribution in [0.5, 0.6) is 11.5 Å². The molecule has 3 aromatic rings. The Morgan fingerprint density at radius 2 is 1.66 bits per heavy atom. The molecule has 0 saturated carbocycles. The molecule has 0 unspecified atom stereocenters. The van der Waals surface area contributed by atoms with Gasteiger partial charge in [-0.1, -0.05) is 42.5 Å². The highest BCUT2D eigenvalue weighted by atomic mass is 32.2. The Balaban J connectivity index is 1.34. The molecule has 1 amide bonds. The first-order valence-corrected chi connectivity index (χ1v) is 10.2. The van der Waals surface area contributed by atoms with Crippen LogP contribution in [0, 0.1) is 0 Å². The molecule has 5 nitrogen and oxygen atoms in total. The predicted molar refractivity (Wildman–Crippen MR) is 112 cm³/mol. The van der Waals surface area contributed by atoms with Crippen LogP contribution in [0.25, 0.3) is 0 Å². The molecule has 6 heteroatoms. The number of rotatable bonds is 7. The SMILES string of the molecule is O=C(CSc1cccc(C(=O)NCc2ccc3c(c2)OCO3)c1)c1ccccc1. The van der Waals surface area contributed by atoms with Crippen LogP contribution in [0.4, 0.5) is 0 Å². The molecule has 3 aromatic carbocycles. The Morgan fingerprint density at radius 3 is 2.52 bits per heavy atom. The summed E-state index contributed by atoms with van der Waals surface area (Å²) in [6.45, 7) is 0.613. The van der Waals surface area contributed by atoms with Gasteiger partial charge in [-0.3, -0.25) is 9.59 Å². The van der Waals surface area contributed by atoms with Crippen molar-refractivity contribution in [3.05, 3.63) is 89.5 Å². The van der Waals surface area contributed by atoms with Crippen LogP contribution < -0.4 is 14.8 Å². The van der Waals surface area contributed by atoms with E-state index in [1.54, 1.807) is 12.1 Å². The Labute approximate surface area is 173 Å². The summed E-state index contributed by atoms with van der Waals surface area (Å²) in [7, 11) is 0. The molecule has 146 valence electrons. The van der Waals surface area contributed by atoms with Gasteiger partial charge in [0.15, 0.2) is 17.3 Å². The van der Waals surface area contributed by atoms with Crippen LogP contribution in [-0.2, 0) is 6.54 Å². The first-order valence-electron chi connectivity index (χ1n) is 9.17. The first-order chi connectivity index (χ1) is 14.2. The number of ketones is 1. The molecule has 1 aliphatic heterocycles. The molecule has 1 heterocycles. The molecule has 0 radical (unpaired) electrons. The number of ether oxygens (including phenoxy) is 2. The van der Waals surface area contributed by atoms with Gasteiger partial charge in [-0.15, -0.1) is 11.8 Å². The van der Waals surface area contributed by atoms with Crippen molar-refractivity contribution >= 4 is 23.5 Å². The molecule has 4 rings (SSSR count). The fourth-order valence-corrected chi connectivity index (χ4v) is 3.77. The molecule has 0 atom stereocenters. The van der Waals surface area contributed by atoms with Gasteiger partial charge in [0, 0.05) is 22.6 Å². The highest BCUT2D eigenvalue weighted by molar-refractivity contribution is 8.00. The lowest BCUT2D eigenvalue weighted by Gasteiger charge is -2.08. The average molecular weight is 405 g/mol. The third kappa shape index (κ3) is 4.78. The van der Waals surface area contributed by atoms with E-state index in [0.717, 1.165) is 16.2 Å². The minimum Gasteiger partial charge on any atom is -0.454 e. The maximum Gasteiger partial charge on any atom is 0.251 e. The smallest absolute Gasteiger partial charge is 0.251 e. The molecule has 0 spiro atoms. The summed E-state index contributed by atoms with van der Waals surface area (Å²) in [5, 5.41) is 2.91. The van der Waals surface area contributed by atoms with Gasteiger partial charge >= 0.3 is 0 Å². The summed E-state index contributed by atoms with van der Waals surface area (Å²) in [6, 6.07) is 22.1. The molecule has 0 saturated heterocycles. The fraction of sp³-hybridized carbons (Fsp3) is 0.130. The predicted octanol–water partition coefficient (Wildman–Crippen LogP) is 4.32. The van der Waals surface area contributed by atoms with E-state index < -0.39 is 0 Å². The summed E-state index contributed by atoms with van der Waals surface area (Å²) < 4.78 is 10.7. The highest BCUT2D eigenvalue weighted by Crippen LogP contribution is 2.32. The van der Waals surface area contributed by atoms with Crippen molar-refractivity contribution < 1.29 is 19.1 Å². The maximum atomic E-state index is 12.5. The van der Waals surface area contributed by atoms with Gasteiger partial charge in [0.2, 0.25) is 6.79 Å². The summed E-state index contributed by atoms with van der Waals surface area (Å²) in [4.78, 5) is 25.7. The fourth-order valence-electron chi connectivity index (χ4n) is 2.92. The van der Waals surface area contributed by atoms with Gasteiger partial charge in [-0.25, -0.2) is 0 Å². The molecular formula is C23H19NO4S. The third-order valence-corrected chi connectivity index (χ3v) is 5.45. The van der Waals surface area contributed by atoms with Gasteiger partial charge in [0.25, 0.3) is 5.91 Å². The van der Waals surface area contributed by atoms with Crippen LogP contribution >= 0.6 is 11.8 Å². The second kappa shape index (κ2) is 8.84. The lowest BCUT2D eigenvalue weighted by atomic mass is 10.1. The molecule has 0 aliphatic carbocycles. The van der Waals surface area contributed by atoms with Crippen molar-refractivity contribution in [2.75, 3.05) is 12.5 Å². The van der Waals surface area contributed by atoms with Crippen LogP contribution in [0.1, 0.15) is 26.3 Å². The number of thioether (sulfide) groups is 1. The van der Waals surface area contributed by atoms with E-state index in [2.05, 4.69) is 5.32 Å². The Morgan fingerprint density at radius 1 is 0.862 bits per heavy atom. The first kappa shape index (κ1) is 19.1. The van der Waals surface area contributed by atoms with Crippen molar-refractivity contribution in [3.8, 4) is 11.5 Å². The zero-order valence-corrected chi connectivity index (χ0v) is 16.4. The normalized spacial score (nSPS) is 11.9. The van der Waals surface area contributed by atoms with Gasteiger partial charge in [0.05, 0.1) is 5.75 Å². The maximum absolute atomic E-state index is 12.5. The largest absolute Gasteiger partial charge is 0.454 e. The van der Waals surface area contributed by atoms with Crippen molar-refractivity contribution in [2.45, 2.75) is 11.4 Å². The van der Waals surface area contributed by atoms with Gasteiger partial charge in [0.1, 0.15) is 0 Å². The van der Waals surface area contributed by atoms with Gasteiger partial charge < -0.3 is 14.8 Å². The minimum absolute atomic E-state index is 0.0632. The van der Waals surface area contributed by atoms with E-state index in [9.17, 15) is 9.59 Å². The number of fused-ring (bicyclic) bond motifs is 1. The summed E-state index contributed by atoms with van der Waals surface area (Å²) in [5.74, 6) is 1.63. The highest BCUT2D eigenvalue weighted by Gasteiger charge is 2.14. The van der Waals surface area contributed by atoms with E-state index in [-0.39, 0.29) is 18.5 Å². The van der Waals surface area contributed by atoms with E-state index in [1.165, 1.54) is 11.8 Å². The Kier molecular flexibility index (Phi) is 5.81. The van der Waals surface area contributed by atoms with Crippen LogP contribution in [0.3, 0.4) is 0 Å². The zero-order chi connectivity index (χ0) is 20.1. The summed E-state index contributed by atoms with van der Waals surface area (Å²) in [5.41, 5.74) is 2.18. The number of nitrogens with one attached hydrogen (secondary N) is 1. The van der Waals surface area contributed by atoms with Crippen molar-refractivity contribution in [1.29, 1.82) is 0 Å². The number of carbonyl (C=O) groups excluding carboxylic acids is 2. The molecular weight excluding hydrogens is 386 g/mol. The molecule has 29 heavy (non-hydrogen) atoms. The molecule has 0 bridgehead atoms. The van der Waals surface area contributed by atoms with Crippen molar-refractivity contribution in [1.82, 2.24) is 5.32 Å². The Bertz CT molecular complexity index is 1040. The standard InChI is InChI=1S/C23H19NO4S/c25-20(17-5-2-1-3-6-17)14-29-19-8-4-7-18(12-19)23(26)24-13-16-9-10-21-22(11-16)28-15-27-21/h1-12H,13-15H2,(H,24,26). The quantitative estimate of drug-likeness (QED) is 0.468. The van der Waals surface area contributed by atoms with Crippen molar-refractivity contribution in [3.63, 3.8) is 0 Å². The molecule has 1 N–H and O–H groups in total. The van der Waals surface area contributed by atoms with Crippen molar-refractivity contribution in [2.24, 2.45) is 0 Å². The number of Topliss-reactive ketones (excluding diaryl/α,β-unsaturated/α-hetero) is 1. The molecule has 0 fully saturated rings. The number of hydrogen-bond acceptors (Lipinski definition) is 5. The van der Waals surface area contributed by atoms with E-state index in [4.69, 9.17) is 9.47 Å². The minimum atomic E-state index is -0.167. The third-order valence-electron chi connectivity index (χ3n) is 4.45. The monoisotopic (exact) mass is 405 g/mol. The van der Waals surface area contributed by atoms with E-state index in [1.807, 2.05) is 60.7 Å². The van der Waals surface area contributed by atoms with Gasteiger partial charge in [-0.2, -0.15) is 0 Å². The summed E-state index contributed by atoms with van der Waals surface area (Å²) >= 11 is 1.42. The van der Waals surface area contributed by atoms with Gasteiger partial charge in [-0.05, 0) is 35.9 Å². The second-order valence-corrected chi connectivity index (χ2v) is 7.52. The topological polar surface area (TPSA) is 64.6 Å². The lowest BCUT2D eigenvalue weighted by molar-refractivity contribution is 0.0949. The number of carbonyl (C=O) groups is 2. The van der Waals surface area contributed by atoms with Crippen LogP contribution in [-0.4, -0.2) is 24.2 Å². The number of benzene rings is 3. The van der Waals surface area contributed by atoms with E-state index in [0.29, 0.717) is 29.2 Å². The Hall–Kier alpha value is -3.25. The lowest BCUT2D eigenvalue weighted by Crippen LogP contribution is -2.22. The van der Waals surface area contributed by atoms with Crippen LogP contribution in [0.2, 0.25) is 0 Å². The average Bonchev–Trinajstić information content (AvgIpc) is 3.24. The van der Waals surface area contributed by atoms with Crippen LogP contribution in [0.15, 0.2) is 77.7 Å². The second-order valence-electron chi connectivity index (χ2n) is 6.48. The zero-order valence-electron chi connectivity index (χ0n) is 15.6. The van der Waals surface area contributed by atoms with E-state index >= 15 is 0 Å². The summed E-state index contributed by atoms with van der Waals surface area (Å²) in [6.07, 6.45) is 0. The number of hydrogen-bond donors (Lipinski definition) is 1. The molecule has 1 aliphatic rings. The molecule has 0 aromatic heterocycles. The number of amides is 1.